The zero-order chi connectivity index (χ0) is 11.4. The molecule has 0 heteroatoms. The van der Waals surface area contributed by atoms with Crippen molar-refractivity contribution in [3.63, 3.8) is 0 Å². The summed E-state index contributed by atoms with van der Waals surface area (Å²) in [4.78, 5) is 0. The summed E-state index contributed by atoms with van der Waals surface area (Å²) in [7, 11) is 0. The summed E-state index contributed by atoms with van der Waals surface area (Å²) in [6.45, 7) is 8.10. The Balaban J connectivity index is 3.02. The van der Waals surface area contributed by atoms with Gasteiger partial charge in [0.2, 0.25) is 0 Å². The number of rotatable bonds is 10. The van der Waals surface area contributed by atoms with Crippen LogP contribution in [0.15, 0.2) is 24.3 Å². The standard InChI is InChI=1S/C15H28/c1-4-6-7-8-9-10-11-12-13-14-15(3)5-2/h4-5H,1,6-14H2,2-3H3/b15-5+. The van der Waals surface area contributed by atoms with Crippen molar-refractivity contribution in [1.82, 2.24) is 0 Å². The zero-order valence-electron chi connectivity index (χ0n) is 10.7. The Hall–Kier alpha value is -0.520. The van der Waals surface area contributed by atoms with Crippen LogP contribution in [0.2, 0.25) is 0 Å². The van der Waals surface area contributed by atoms with E-state index in [1.165, 1.54) is 57.8 Å². The summed E-state index contributed by atoms with van der Waals surface area (Å²) in [6.07, 6.45) is 16.5. The van der Waals surface area contributed by atoms with Crippen LogP contribution in [0.4, 0.5) is 0 Å². The van der Waals surface area contributed by atoms with E-state index in [-0.39, 0.29) is 0 Å². The fourth-order valence-corrected chi connectivity index (χ4v) is 1.72. The molecule has 0 aliphatic carbocycles. The Morgan fingerprint density at radius 1 is 0.933 bits per heavy atom. The Morgan fingerprint density at radius 2 is 1.47 bits per heavy atom. The number of hydrogen-bond acceptors (Lipinski definition) is 0. The number of unbranched alkanes of at least 4 members (excludes halogenated alkanes) is 7. The van der Waals surface area contributed by atoms with Crippen LogP contribution in [0.25, 0.3) is 0 Å². The van der Waals surface area contributed by atoms with E-state index < -0.39 is 0 Å². The van der Waals surface area contributed by atoms with Gasteiger partial charge in [-0.15, -0.1) is 6.58 Å². The van der Waals surface area contributed by atoms with Gasteiger partial charge >= 0.3 is 0 Å². The van der Waals surface area contributed by atoms with Gasteiger partial charge in [0.15, 0.2) is 0 Å². The predicted molar refractivity (Wildman–Crippen MR) is 71.2 cm³/mol. The molecule has 0 unspecified atom stereocenters. The molecule has 15 heavy (non-hydrogen) atoms. The summed E-state index contributed by atoms with van der Waals surface area (Å²) >= 11 is 0. The van der Waals surface area contributed by atoms with Gasteiger partial charge in [-0.3, -0.25) is 0 Å². The Kier molecular flexibility index (Phi) is 11.2. The summed E-state index contributed by atoms with van der Waals surface area (Å²) in [5.41, 5.74) is 1.54. The molecule has 0 radical (unpaired) electrons. The normalized spacial score (nSPS) is 11.7. The van der Waals surface area contributed by atoms with Crippen LogP contribution in [-0.4, -0.2) is 0 Å². The largest absolute Gasteiger partial charge is 0.103 e. The first-order valence-corrected chi connectivity index (χ1v) is 6.54. The molecule has 0 atom stereocenters. The van der Waals surface area contributed by atoms with Crippen LogP contribution >= 0.6 is 0 Å². The molecule has 0 rings (SSSR count). The van der Waals surface area contributed by atoms with Crippen LogP contribution in [0, 0.1) is 0 Å². The quantitative estimate of drug-likeness (QED) is 0.321. The SMILES string of the molecule is C=CCCCCCCCCC/C(C)=C/C. The average molecular weight is 208 g/mol. The van der Waals surface area contributed by atoms with Crippen LogP contribution in [0.3, 0.4) is 0 Å². The highest BCUT2D eigenvalue weighted by Crippen LogP contribution is 2.12. The van der Waals surface area contributed by atoms with Gasteiger partial charge in [-0.05, 0) is 39.5 Å². The van der Waals surface area contributed by atoms with E-state index in [2.05, 4.69) is 26.5 Å². The van der Waals surface area contributed by atoms with Crippen LogP contribution in [0.5, 0.6) is 0 Å². The van der Waals surface area contributed by atoms with Crippen molar-refractivity contribution in [1.29, 1.82) is 0 Å². The molecular weight excluding hydrogens is 180 g/mol. The third-order valence-corrected chi connectivity index (χ3v) is 2.97. The van der Waals surface area contributed by atoms with E-state index in [0.29, 0.717) is 0 Å². The number of allylic oxidation sites excluding steroid dienone is 3. The molecule has 0 spiro atoms. The van der Waals surface area contributed by atoms with E-state index in [0.717, 1.165) is 0 Å². The Bertz CT molecular complexity index is 165. The van der Waals surface area contributed by atoms with Gasteiger partial charge in [0, 0.05) is 0 Å². The average Bonchev–Trinajstić information content (AvgIpc) is 2.26. The van der Waals surface area contributed by atoms with Gasteiger partial charge in [0.1, 0.15) is 0 Å². The predicted octanol–water partition coefficient (Wildman–Crippen LogP) is 5.65. The second-order valence-electron chi connectivity index (χ2n) is 4.44. The summed E-state index contributed by atoms with van der Waals surface area (Å²) in [6, 6.07) is 0. The van der Waals surface area contributed by atoms with Gasteiger partial charge in [-0.1, -0.05) is 49.8 Å². The van der Waals surface area contributed by atoms with Gasteiger partial charge in [0.05, 0.1) is 0 Å². The monoisotopic (exact) mass is 208 g/mol. The molecule has 0 aliphatic heterocycles. The molecule has 0 aromatic carbocycles. The summed E-state index contributed by atoms with van der Waals surface area (Å²) < 4.78 is 0. The molecule has 0 heterocycles. The topological polar surface area (TPSA) is 0 Å². The van der Waals surface area contributed by atoms with Crippen molar-refractivity contribution in [3.8, 4) is 0 Å². The van der Waals surface area contributed by atoms with Gasteiger partial charge in [0.25, 0.3) is 0 Å². The Labute approximate surface area is 96.5 Å². The van der Waals surface area contributed by atoms with Crippen molar-refractivity contribution in [2.45, 2.75) is 71.6 Å². The fourth-order valence-electron chi connectivity index (χ4n) is 1.72. The lowest BCUT2D eigenvalue weighted by Gasteiger charge is -2.02. The highest BCUT2D eigenvalue weighted by molar-refractivity contribution is 4.94. The van der Waals surface area contributed by atoms with Crippen molar-refractivity contribution in [2.24, 2.45) is 0 Å². The highest BCUT2D eigenvalue weighted by atomic mass is 14.0. The van der Waals surface area contributed by atoms with Crippen LogP contribution in [-0.2, 0) is 0 Å². The minimum absolute atomic E-state index is 1.19. The molecule has 0 saturated carbocycles. The minimum Gasteiger partial charge on any atom is -0.103 e. The third-order valence-electron chi connectivity index (χ3n) is 2.97. The molecule has 0 aromatic rings. The maximum Gasteiger partial charge on any atom is -0.0323 e. The van der Waals surface area contributed by atoms with Crippen LogP contribution < -0.4 is 0 Å². The van der Waals surface area contributed by atoms with Crippen LogP contribution in [0.1, 0.15) is 71.6 Å². The fraction of sp³-hybridized carbons (Fsp3) is 0.733. The molecule has 0 aliphatic rings. The van der Waals surface area contributed by atoms with E-state index in [4.69, 9.17) is 0 Å². The molecule has 0 N–H and O–H groups in total. The lowest BCUT2D eigenvalue weighted by molar-refractivity contribution is 0.580. The van der Waals surface area contributed by atoms with E-state index in [1.807, 2.05) is 6.08 Å². The molecule has 0 fully saturated rings. The molecule has 0 saturated heterocycles. The highest BCUT2D eigenvalue weighted by Gasteiger charge is 1.92. The van der Waals surface area contributed by atoms with Crippen molar-refractivity contribution in [2.75, 3.05) is 0 Å². The summed E-state index contributed by atoms with van der Waals surface area (Å²) in [5.74, 6) is 0. The van der Waals surface area contributed by atoms with Gasteiger partial charge < -0.3 is 0 Å². The first-order chi connectivity index (χ1) is 7.31. The molecule has 0 nitrogen and oxygen atoms in total. The zero-order valence-corrected chi connectivity index (χ0v) is 10.7. The smallest absolute Gasteiger partial charge is 0.0323 e. The molecule has 0 amide bonds. The van der Waals surface area contributed by atoms with E-state index in [1.54, 1.807) is 5.57 Å². The van der Waals surface area contributed by atoms with Crippen molar-refractivity contribution < 1.29 is 0 Å². The summed E-state index contributed by atoms with van der Waals surface area (Å²) in [5, 5.41) is 0. The molecule has 0 aromatic heterocycles. The maximum absolute atomic E-state index is 3.74. The minimum atomic E-state index is 1.19. The lowest BCUT2D eigenvalue weighted by atomic mass is 10.0. The molecule has 88 valence electrons. The van der Waals surface area contributed by atoms with Gasteiger partial charge in [-0.25, -0.2) is 0 Å². The second-order valence-corrected chi connectivity index (χ2v) is 4.44. The van der Waals surface area contributed by atoms with Crippen molar-refractivity contribution >= 4 is 0 Å². The first-order valence-electron chi connectivity index (χ1n) is 6.54. The number of hydrogen-bond donors (Lipinski definition) is 0. The molecule has 0 bridgehead atoms. The first kappa shape index (κ1) is 14.5. The maximum atomic E-state index is 3.74. The van der Waals surface area contributed by atoms with Crippen molar-refractivity contribution in [3.05, 3.63) is 24.3 Å². The van der Waals surface area contributed by atoms with Gasteiger partial charge in [-0.2, -0.15) is 0 Å². The van der Waals surface area contributed by atoms with E-state index >= 15 is 0 Å². The third kappa shape index (κ3) is 11.4. The molecular formula is C15H28. The second kappa shape index (κ2) is 11.6. The lowest BCUT2D eigenvalue weighted by Crippen LogP contribution is -1.82. The van der Waals surface area contributed by atoms with E-state index in [9.17, 15) is 0 Å². The Morgan fingerprint density at radius 3 is 2.00 bits per heavy atom.